The number of piperidine rings is 1. The highest BCUT2D eigenvalue weighted by Gasteiger charge is 2.34. The molecular weight excluding hydrogens is 432 g/mol. The van der Waals surface area contributed by atoms with E-state index >= 15 is 0 Å². The molecule has 2 aromatic carbocycles. The van der Waals surface area contributed by atoms with Gasteiger partial charge in [-0.05, 0) is 49.1 Å². The number of nitrogens with one attached hydrogen (secondary N) is 1. The van der Waals surface area contributed by atoms with Crippen molar-refractivity contribution in [2.75, 3.05) is 26.3 Å². The van der Waals surface area contributed by atoms with E-state index in [4.69, 9.17) is 9.47 Å². The first-order valence-electron chi connectivity index (χ1n) is 12.1. The van der Waals surface area contributed by atoms with Gasteiger partial charge < -0.3 is 19.7 Å². The Morgan fingerprint density at radius 3 is 2.32 bits per heavy atom. The molecule has 4 rings (SSSR count). The van der Waals surface area contributed by atoms with Crippen molar-refractivity contribution in [2.45, 2.75) is 39.2 Å². The summed E-state index contributed by atoms with van der Waals surface area (Å²) >= 11 is 0. The van der Waals surface area contributed by atoms with E-state index in [2.05, 4.69) is 5.32 Å². The third kappa shape index (κ3) is 5.24. The lowest BCUT2D eigenvalue weighted by Gasteiger charge is -2.35. The third-order valence-corrected chi connectivity index (χ3v) is 6.81. The van der Waals surface area contributed by atoms with E-state index in [9.17, 15) is 14.4 Å². The number of likely N-dealkylation sites (tertiary alicyclic amines) is 1. The van der Waals surface area contributed by atoms with Crippen molar-refractivity contribution in [3.05, 3.63) is 59.7 Å². The Morgan fingerprint density at radius 2 is 1.65 bits per heavy atom. The molecule has 0 bridgehead atoms. The van der Waals surface area contributed by atoms with Crippen molar-refractivity contribution in [3.8, 4) is 11.5 Å². The maximum Gasteiger partial charge on any atom is 0.251 e. The molecule has 0 radical (unpaired) electrons. The van der Waals surface area contributed by atoms with Crippen molar-refractivity contribution in [2.24, 2.45) is 11.8 Å². The van der Waals surface area contributed by atoms with E-state index in [1.54, 1.807) is 47.4 Å². The Kier molecular flexibility index (Phi) is 7.50. The standard InChI is InChI=1S/C27H32N2O5/c1-3-18(2)24(28-26(31)20-7-5-4-6-8-20)27(32)29-13-11-19(12-14-29)25(30)21-9-10-22-23(17-21)34-16-15-33-22/h4-10,17-19,24H,3,11-16H2,1-2H3,(H,28,31). The molecule has 2 aliphatic heterocycles. The smallest absolute Gasteiger partial charge is 0.251 e. The van der Waals surface area contributed by atoms with Gasteiger partial charge in [0.25, 0.3) is 5.91 Å². The zero-order valence-corrected chi connectivity index (χ0v) is 19.8. The highest BCUT2D eigenvalue weighted by Crippen LogP contribution is 2.32. The summed E-state index contributed by atoms with van der Waals surface area (Å²) in [5, 5.41) is 2.95. The minimum atomic E-state index is -0.595. The zero-order valence-electron chi connectivity index (χ0n) is 19.8. The number of fused-ring (bicyclic) bond motifs is 1. The van der Waals surface area contributed by atoms with Crippen LogP contribution in [-0.4, -0.2) is 54.8 Å². The number of benzene rings is 2. The van der Waals surface area contributed by atoms with Crippen LogP contribution in [0.5, 0.6) is 11.5 Å². The number of nitrogens with zero attached hydrogens (tertiary/aromatic N) is 1. The first-order chi connectivity index (χ1) is 16.5. The lowest BCUT2D eigenvalue weighted by Crippen LogP contribution is -2.53. The molecule has 1 N–H and O–H groups in total. The summed E-state index contributed by atoms with van der Waals surface area (Å²) in [5.74, 6) is 0.864. The molecule has 2 heterocycles. The molecular formula is C27H32N2O5. The summed E-state index contributed by atoms with van der Waals surface area (Å²) in [4.78, 5) is 41.0. The highest BCUT2D eigenvalue weighted by atomic mass is 16.6. The van der Waals surface area contributed by atoms with Gasteiger partial charge >= 0.3 is 0 Å². The number of hydrogen-bond donors (Lipinski definition) is 1. The number of carbonyl (C=O) groups is 3. The molecule has 2 atom stereocenters. The second-order valence-corrected chi connectivity index (χ2v) is 9.02. The maximum absolute atomic E-state index is 13.4. The van der Waals surface area contributed by atoms with Gasteiger partial charge in [-0.1, -0.05) is 38.5 Å². The van der Waals surface area contributed by atoms with Crippen LogP contribution in [0.1, 0.15) is 53.8 Å². The fourth-order valence-electron chi connectivity index (χ4n) is 4.49. The van der Waals surface area contributed by atoms with Crippen LogP contribution in [-0.2, 0) is 4.79 Å². The molecule has 7 heteroatoms. The summed E-state index contributed by atoms with van der Waals surface area (Å²) in [5.41, 5.74) is 1.15. The Balaban J connectivity index is 1.38. The first kappa shape index (κ1) is 23.8. The van der Waals surface area contributed by atoms with Crippen LogP contribution in [0.2, 0.25) is 0 Å². The molecule has 1 saturated heterocycles. The fourth-order valence-corrected chi connectivity index (χ4v) is 4.49. The van der Waals surface area contributed by atoms with E-state index in [1.165, 1.54) is 0 Å². The van der Waals surface area contributed by atoms with E-state index in [-0.39, 0.29) is 29.4 Å². The summed E-state index contributed by atoms with van der Waals surface area (Å²) in [6, 6.07) is 13.7. The van der Waals surface area contributed by atoms with E-state index < -0.39 is 6.04 Å². The number of Topliss-reactive ketones (excluding diaryl/α,β-unsaturated/α-hetero) is 1. The largest absolute Gasteiger partial charge is 0.486 e. The average molecular weight is 465 g/mol. The summed E-state index contributed by atoms with van der Waals surface area (Å²) in [7, 11) is 0. The molecule has 2 unspecified atom stereocenters. The molecule has 180 valence electrons. The molecule has 0 aromatic heterocycles. The fraction of sp³-hybridized carbons (Fsp3) is 0.444. The number of amides is 2. The van der Waals surface area contributed by atoms with Gasteiger partial charge in [0.05, 0.1) is 0 Å². The van der Waals surface area contributed by atoms with Gasteiger partial charge in [0.15, 0.2) is 17.3 Å². The SMILES string of the molecule is CCC(C)C(NC(=O)c1ccccc1)C(=O)N1CCC(C(=O)c2ccc3c(c2)OCCO3)CC1. The Bertz CT molecular complexity index is 1030. The van der Waals surface area contributed by atoms with Gasteiger partial charge in [-0.25, -0.2) is 0 Å². The van der Waals surface area contributed by atoms with Crippen LogP contribution >= 0.6 is 0 Å². The van der Waals surface area contributed by atoms with Crippen molar-refractivity contribution in [1.29, 1.82) is 0 Å². The van der Waals surface area contributed by atoms with Crippen molar-refractivity contribution in [3.63, 3.8) is 0 Å². The predicted molar refractivity (Wildman–Crippen MR) is 128 cm³/mol. The number of rotatable bonds is 7. The van der Waals surface area contributed by atoms with Gasteiger partial charge in [0.2, 0.25) is 5.91 Å². The molecule has 2 aromatic rings. The van der Waals surface area contributed by atoms with Crippen LogP contribution in [0, 0.1) is 11.8 Å². The van der Waals surface area contributed by atoms with Gasteiger partial charge in [0, 0.05) is 30.1 Å². The van der Waals surface area contributed by atoms with Crippen LogP contribution in [0.25, 0.3) is 0 Å². The first-order valence-corrected chi connectivity index (χ1v) is 12.1. The number of ketones is 1. The van der Waals surface area contributed by atoms with Gasteiger partial charge in [-0.3, -0.25) is 14.4 Å². The molecule has 2 amide bonds. The molecule has 0 spiro atoms. The maximum atomic E-state index is 13.4. The Labute approximate surface area is 200 Å². The molecule has 7 nitrogen and oxygen atoms in total. The van der Waals surface area contributed by atoms with Crippen molar-refractivity contribution >= 4 is 17.6 Å². The Morgan fingerprint density at radius 1 is 0.971 bits per heavy atom. The van der Waals surface area contributed by atoms with E-state index in [0.29, 0.717) is 61.8 Å². The van der Waals surface area contributed by atoms with Gasteiger partial charge in [0.1, 0.15) is 19.3 Å². The van der Waals surface area contributed by atoms with Crippen molar-refractivity contribution < 1.29 is 23.9 Å². The van der Waals surface area contributed by atoms with E-state index in [0.717, 1.165) is 6.42 Å². The predicted octanol–water partition coefficient (Wildman–Crippen LogP) is 3.72. The number of hydrogen-bond acceptors (Lipinski definition) is 5. The van der Waals surface area contributed by atoms with Crippen molar-refractivity contribution in [1.82, 2.24) is 10.2 Å². The summed E-state index contributed by atoms with van der Waals surface area (Å²) in [6.45, 7) is 5.96. The molecule has 1 fully saturated rings. The quantitative estimate of drug-likeness (QED) is 0.632. The molecule has 34 heavy (non-hydrogen) atoms. The molecule has 0 saturated carbocycles. The topological polar surface area (TPSA) is 84.9 Å². The summed E-state index contributed by atoms with van der Waals surface area (Å²) < 4.78 is 11.1. The minimum Gasteiger partial charge on any atom is -0.486 e. The average Bonchev–Trinajstić information content (AvgIpc) is 2.90. The van der Waals surface area contributed by atoms with Gasteiger partial charge in [-0.15, -0.1) is 0 Å². The van der Waals surface area contributed by atoms with Crippen LogP contribution in [0.15, 0.2) is 48.5 Å². The second kappa shape index (κ2) is 10.7. The van der Waals surface area contributed by atoms with Crippen LogP contribution < -0.4 is 14.8 Å². The zero-order chi connectivity index (χ0) is 24.1. The lowest BCUT2D eigenvalue weighted by atomic mass is 9.88. The monoisotopic (exact) mass is 464 g/mol. The number of carbonyl (C=O) groups excluding carboxylic acids is 3. The summed E-state index contributed by atoms with van der Waals surface area (Å²) in [6.07, 6.45) is 1.96. The normalized spacial score (nSPS) is 17.5. The van der Waals surface area contributed by atoms with E-state index in [1.807, 2.05) is 19.9 Å². The van der Waals surface area contributed by atoms with Crippen LogP contribution in [0.3, 0.4) is 0 Å². The Hall–Kier alpha value is -3.35. The second-order valence-electron chi connectivity index (χ2n) is 9.02. The minimum absolute atomic E-state index is 0.00256. The molecule has 0 aliphatic carbocycles. The third-order valence-electron chi connectivity index (χ3n) is 6.81. The highest BCUT2D eigenvalue weighted by molar-refractivity contribution is 5.99. The molecule has 2 aliphatic rings. The lowest BCUT2D eigenvalue weighted by molar-refractivity contribution is -0.135. The number of ether oxygens (including phenoxy) is 2. The van der Waals surface area contributed by atoms with Crippen LogP contribution in [0.4, 0.5) is 0 Å². The van der Waals surface area contributed by atoms with Gasteiger partial charge in [-0.2, -0.15) is 0 Å².